The fraction of sp³-hybridized carbons (Fsp3) is 0.316. The molecule has 0 spiro atoms. The molecule has 1 aromatic carbocycles. The Bertz CT molecular complexity index is 1150. The van der Waals surface area contributed by atoms with Gasteiger partial charge in [0, 0.05) is 12.6 Å². The lowest BCUT2D eigenvalue weighted by atomic mass is 9.80. The molecule has 142 valence electrons. The van der Waals surface area contributed by atoms with Crippen LogP contribution in [0.1, 0.15) is 36.6 Å². The highest BCUT2D eigenvalue weighted by Gasteiger charge is 2.26. The molecule has 0 radical (unpaired) electrons. The summed E-state index contributed by atoms with van der Waals surface area (Å²) in [6, 6.07) is 8.39. The van der Waals surface area contributed by atoms with E-state index in [1.54, 1.807) is 22.9 Å². The van der Waals surface area contributed by atoms with Crippen LogP contribution in [0.25, 0.3) is 17.0 Å². The van der Waals surface area contributed by atoms with Gasteiger partial charge in [0.25, 0.3) is 0 Å². The van der Waals surface area contributed by atoms with Gasteiger partial charge in [0.05, 0.1) is 5.56 Å². The van der Waals surface area contributed by atoms with Gasteiger partial charge in [-0.1, -0.05) is 18.6 Å². The zero-order valence-electron chi connectivity index (χ0n) is 15.3. The van der Waals surface area contributed by atoms with Crippen molar-refractivity contribution in [3.8, 4) is 17.3 Å². The first-order valence-electron chi connectivity index (χ1n) is 9.17. The molecule has 8 nitrogen and oxygen atoms in total. The van der Waals surface area contributed by atoms with Crippen molar-refractivity contribution in [1.29, 1.82) is 0 Å². The predicted molar refractivity (Wildman–Crippen MR) is 98.1 cm³/mol. The molecular formula is C19H18FN7O. The Morgan fingerprint density at radius 3 is 2.79 bits per heavy atom. The quantitative estimate of drug-likeness (QED) is 0.530. The van der Waals surface area contributed by atoms with Crippen molar-refractivity contribution in [1.82, 2.24) is 34.6 Å². The van der Waals surface area contributed by atoms with Crippen LogP contribution in [-0.2, 0) is 13.7 Å². The molecule has 28 heavy (non-hydrogen) atoms. The summed E-state index contributed by atoms with van der Waals surface area (Å²) < 4.78 is 23.5. The van der Waals surface area contributed by atoms with Crippen LogP contribution in [0, 0.1) is 5.82 Å². The number of nitrogens with zero attached hydrogens (tertiary/aromatic N) is 7. The molecule has 4 aromatic rings. The molecule has 0 amide bonds. The average Bonchev–Trinajstić information content (AvgIpc) is 3.24. The van der Waals surface area contributed by atoms with E-state index in [-0.39, 0.29) is 12.4 Å². The number of hydrogen-bond donors (Lipinski definition) is 0. The number of ether oxygens (including phenoxy) is 1. The lowest BCUT2D eigenvalue weighted by Crippen LogP contribution is -2.14. The van der Waals surface area contributed by atoms with Gasteiger partial charge in [0.1, 0.15) is 18.8 Å². The van der Waals surface area contributed by atoms with Crippen LogP contribution in [0.15, 0.2) is 36.7 Å². The summed E-state index contributed by atoms with van der Waals surface area (Å²) in [6.45, 7) is 0.242. The van der Waals surface area contributed by atoms with Crippen molar-refractivity contribution in [2.45, 2.75) is 31.8 Å². The minimum Gasteiger partial charge on any atom is -0.468 e. The predicted octanol–water partition coefficient (Wildman–Crippen LogP) is 2.91. The van der Waals surface area contributed by atoms with Crippen LogP contribution < -0.4 is 4.74 Å². The van der Waals surface area contributed by atoms with Crippen molar-refractivity contribution >= 4 is 5.65 Å². The SMILES string of the molecule is Cn1ncnc1COc1nn2c(-c3ccccc3F)nnc2cc1C1CCC1. The normalized spacial score (nSPS) is 14.4. The zero-order valence-corrected chi connectivity index (χ0v) is 15.3. The topological polar surface area (TPSA) is 83.0 Å². The second-order valence-corrected chi connectivity index (χ2v) is 6.89. The molecule has 9 heteroatoms. The summed E-state index contributed by atoms with van der Waals surface area (Å²) in [4.78, 5) is 4.19. The minimum absolute atomic E-state index is 0.242. The summed E-state index contributed by atoms with van der Waals surface area (Å²) in [5, 5.41) is 17.1. The first kappa shape index (κ1) is 16.8. The molecule has 1 saturated carbocycles. The van der Waals surface area contributed by atoms with Gasteiger partial charge < -0.3 is 4.74 Å². The summed E-state index contributed by atoms with van der Waals surface area (Å²) >= 11 is 0. The van der Waals surface area contributed by atoms with E-state index in [2.05, 4.69) is 25.4 Å². The summed E-state index contributed by atoms with van der Waals surface area (Å²) in [5.74, 6) is 1.55. The Kier molecular flexibility index (Phi) is 4.00. The third kappa shape index (κ3) is 2.79. The Morgan fingerprint density at radius 1 is 1.21 bits per heavy atom. The molecule has 0 unspecified atom stereocenters. The van der Waals surface area contributed by atoms with Gasteiger partial charge in [0.2, 0.25) is 5.88 Å². The lowest BCUT2D eigenvalue weighted by molar-refractivity contribution is 0.263. The van der Waals surface area contributed by atoms with Crippen molar-refractivity contribution < 1.29 is 9.13 Å². The number of rotatable bonds is 5. The largest absolute Gasteiger partial charge is 0.468 e. The monoisotopic (exact) mass is 379 g/mol. The molecule has 3 heterocycles. The van der Waals surface area contributed by atoms with Crippen LogP contribution in [0.5, 0.6) is 5.88 Å². The number of aromatic nitrogens is 7. The van der Waals surface area contributed by atoms with E-state index in [1.165, 1.54) is 23.3 Å². The second-order valence-electron chi connectivity index (χ2n) is 6.89. The van der Waals surface area contributed by atoms with Crippen molar-refractivity contribution in [2.24, 2.45) is 7.05 Å². The van der Waals surface area contributed by atoms with Crippen LogP contribution in [0.4, 0.5) is 4.39 Å². The molecule has 3 aromatic heterocycles. The minimum atomic E-state index is -0.372. The molecule has 5 rings (SSSR count). The van der Waals surface area contributed by atoms with Crippen LogP contribution in [0.2, 0.25) is 0 Å². The molecule has 0 saturated heterocycles. The molecular weight excluding hydrogens is 361 g/mol. The standard InChI is InChI=1S/C19H18FN7O/c1-26-17(21-11-22-26)10-28-19-14(12-5-4-6-12)9-16-23-24-18(27(16)25-19)13-7-2-3-8-15(13)20/h2-3,7-9,11-12H,4-6,10H2,1H3. The average molecular weight is 379 g/mol. The fourth-order valence-electron chi connectivity index (χ4n) is 3.35. The Balaban J connectivity index is 1.58. The highest BCUT2D eigenvalue weighted by molar-refractivity contribution is 5.60. The first-order chi connectivity index (χ1) is 13.7. The Morgan fingerprint density at radius 2 is 2.07 bits per heavy atom. The Labute approximate surface area is 160 Å². The maximum Gasteiger partial charge on any atom is 0.235 e. The third-order valence-corrected chi connectivity index (χ3v) is 5.19. The van der Waals surface area contributed by atoms with Gasteiger partial charge in [-0.3, -0.25) is 4.68 Å². The van der Waals surface area contributed by atoms with E-state index in [4.69, 9.17) is 4.74 Å². The number of halogens is 1. The van der Waals surface area contributed by atoms with E-state index in [9.17, 15) is 4.39 Å². The van der Waals surface area contributed by atoms with Gasteiger partial charge in [-0.15, -0.1) is 15.3 Å². The van der Waals surface area contributed by atoms with E-state index >= 15 is 0 Å². The van der Waals surface area contributed by atoms with Crippen molar-refractivity contribution in [3.05, 3.63) is 53.9 Å². The molecule has 1 aliphatic carbocycles. The van der Waals surface area contributed by atoms with Crippen LogP contribution >= 0.6 is 0 Å². The highest BCUT2D eigenvalue weighted by Crippen LogP contribution is 2.40. The van der Waals surface area contributed by atoms with Gasteiger partial charge >= 0.3 is 0 Å². The number of benzene rings is 1. The van der Waals surface area contributed by atoms with E-state index in [0.717, 1.165) is 18.4 Å². The molecule has 0 bridgehead atoms. The van der Waals surface area contributed by atoms with E-state index in [1.807, 2.05) is 13.1 Å². The second kappa shape index (κ2) is 6.66. The zero-order chi connectivity index (χ0) is 19.1. The van der Waals surface area contributed by atoms with E-state index < -0.39 is 0 Å². The first-order valence-corrected chi connectivity index (χ1v) is 9.17. The molecule has 0 aliphatic heterocycles. The highest BCUT2D eigenvalue weighted by atomic mass is 19.1. The van der Waals surface area contributed by atoms with Gasteiger partial charge in [-0.2, -0.15) is 9.61 Å². The molecule has 1 aliphatic rings. The smallest absolute Gasteiger partial charge is 0.235 e. The Hall–Kier alpha value is -3.36. The van der Waals surface area contributed by atoms with Crippen molar-refractivity contribution in [2.75, 3.05) is 0 Å². The third-order valence-electron chi connectivity index (χ3n) is 5.19. The van der Waals surface area contributed by atoms with Gasteiger partial charge in [-0.05, 0) is 37.0 Å². The maximum atomic E-state index is 14.3. The number of aryl methyl sites for hydroxylation is 1. The van der Waals surface area contributed by atoms with Gasteiger partial charge in [-0.25, -0.2) is 9.37 Å². The van der Waals surface area contributed by atoms with Crippen molar-refractivity contribution in [3.63, 3.8) is 0 Å². The van der Waals surface area contributed by atoms with E-state index in [0.29, 0.717) is 34.7 Å². The number of fused-ring (bicyclic) bond motifs is 1. The molecule has 0 atom stereocenters. The lowest BCUT2D eigenvalue weighted by Gasteiger charge is -2.26. The van der Waals surface area contributed by atoms with Gasteiger partial charge in [0.15, 0.2) is 17.3 Å². The van der Waals surface area contributed by atoms with Crippen LogP contribution in [0.3, 0.4) is 0 Å². The summed E-state index contributed by atoms with van der Waals surface area (Å²) in [5.41, 5.74) is 1.93. The summed E-state index contributed by atoms with van der Waals surface area (Å²) in [7, 11) is 1.81. The number of hydrogen-bond acceptors (Lipinski definition) is 6. The van der Waals surface area contributed by atoms with Crippen LogP contribution in [-0.4, -0.2) is 34.6 Å². The summed E-state index contributed by atoms with van der Waals surface area (Å²) in [6.07, 6.45) is 4.85. The fourth-order valence-corrected chi connectivity index (χ4v) is 3.35. The molecule has 1 fully saturated rings. The molecule has 0 N–H and O–H groups in total. The maximum absolute atomic E-state index is 14.3.